The summed E-state index contributed by atoms with van der Waals surface area (Å²) in [6.45, 7) is 9.71. The number of allylic oxidation sites excluding steroid dienone is 2. The van der Waals surface area contributed by atoms with Crippen molar-refractivity contribution in [3.63, 3.8) is 0 Å². The highest BCUT2D eigenvalue weighted by atomic mass is 16.7. The number of hydrogen-bond donors (Lipinski definition) is 3. The van der Waals surface area contributed by atoms with Gasteiger partial charge in [-0.3, -0.25) is 19.3 Å². The Morgan fingerprint density at radius 3 is 2.53 bits per heavy atom. The van der Waals surface area contributed by atoms with Gasteiger partial charge in [0.1, 0.15) is 17.5 Å². The zero-order chi connectivity index (χ0) is 27.9. The van der Waals surface area contributed by atoms with Crippen molar-refractivity contribution in [2.45, 2.75) is 96.2 Å². The molecular weight excluding hydrogens is 494 g/mol. The van der Waals surface area contributed by atoms with Crippen molar-refractivity contribution < 1.29 is 43.9 Å². The third-order valence-electron chi connectivity index (χ3n) is 8.84. The normalized spacial score (nSPS) is 41.2. The summed E-state index contributed by atoms with van der Waals surface area (Å²) in [5.74, 6) is -2.94. The Hall–Kier alpha value is -2.79. The number of hydrogen-bond acceptors (Lipinski definition) is 9. The number of amides is 1. The van der Waals surface area contributed by atoms with E-state index >= 15 is 0 Å². The molecule has 10 nitrogen and oxygen atoms in total. The molecule has 2 fully saturated rings. The fourth-order valence-electron chi connectivity index (χ4n) is 7.11. The molecule has 0 spiro atoms. The fraction of sp³-hybridized carbons (Fsp3) is 0.607. The van der Waals surface area contributed by atoms with Crippen LogP contribution in [-0.2, 0) is 28.6 Å². The summed E-state index contributed by atoms with van der Waals surface area (Å²) in [5, 5.41) is 33.9. The van der Waals surface area contributed by atoms with E-state index in [1.165, 1.54) is 30.9 Å². The Morgan fingerprint density at radius 1 is 1.21 bits per heavy atom. The van der Waals surface area contributed by atoms with Gasteiger partial charge >= 0.3 is 5.97 Å². The standard InChI is InChI=1S/C28H35NO9/c1-12-11-27(16(5)37-17(6)30)25(33)14(3)26(34)29(27)21-10-18(31)9-19-24(13(2)23(12)28(19,21)35)38-22-8-7-20(32)15(4)36-22/h9-11,13,15-16,20,22-24,32-33,35H,7-8H2,1-6H3/t13-,15-,16-,20-,22+,23-,24+,27-,28+/m1/s1. The van der Waals surface area contributed by atoms with Gasteiger partial charge in [0.2, 0.25) is 0 Å². The summed E-state index contributed by atoms with van der Waals surface area (Å²) in [5.41, 5.74) is -2.46. The van der Waals surface area contributed by atoms with Crippen LogP contribution >= 0.6 is 0 Å². The topological polar surface area (TPSA) is 143 Å². The molecule has 38 heavy (non-hydrogen) atoms. The zero-order valence-electron chi connectivity index (χ0n) is 22.4. The van der Waals surface area contributed by atoms with Crippen LogP contribution in [0.15, 0.2) is 46.4 Å². The number of aliphatic hydroxyl groups is 3. The molecule has 0 unspecified atom stereocenters. The maximum absolute atomic E-state index is 13.7. The number of aliphatic hydroxyl groups excluding tert-OH is 2. The molecule has 10 heteroatoms. The van der Waals surface area contributed by atoms with Crippen LogP contribution in [0.4, 0.5) is 0 Å². The Morgan fingerprint density at radius 2 is 1.89 bits per heavy atom. The van der Waals surface area contributed by atoms with Gasteiger partial charge in [-0.1, -0.05) is 12.5 Å². The molecule has 0 aromatic heterocycles. The molecule has 3 aliphatic heterocycles. The van der Waals surface area contributed by atoms with E-state index in [4.69, 9.17) is 14.2 Å². The van der Waals surface area contributed by atoms with Crippen LogP contribution in [0, 0.1) is 11.8 Å². The fourth-order valence-corrected chi connectivity index (χ4v) is 7.11. The van der Waals surface area contributed by atoms with Gasteiger partial charge in [-0.25, -0.2) is 0 Å². The highest BCUT2D eigenvalue weighted by molar-refractivity contribution is 6.06. The van der Waals surface area contributed by atoms with Gasteiger partial charge in [0.15, 0.2) is 17.6 Å². The van der Waals surface area contributed by atoms with Crippen LogP contribution in [-0.4, -0.2) is 79.7 Å². The highest BCUT2D eigenvalue weighted by Crippen LogP contribution is 2.60. The Kier molecular flexibility index (Phi) is 6.26. The minimum atomic E-state index is -1.81. The van der Waals surface area contributed by atoms with Crippen LogP contribution in [0.25, 0.3) is 0 Å². The summed E-state index contributed by atoms with van der Waals surface area (Å²) in [7, 11) is 0. The number of ether oxygens (including phenoxy) is 3. The molecule has 5 rings (SSSR count). The van der Waals surface area contributed by atoms with Crippen LogP contribution in [0.2, 0.25) is 0 Å². The van der Waals surface area contributed by atoms with Crippen LogP contribution < -0.4 is 0 Å². The Balaban J connectivity index is 1.66. The van der Waals surface area contributed by atoms with E-state index in [1.54, 1.807) is 26.8 Å². The molecule has 1 amide bonds. The monoisotopic (exact) mass is 529 g/mol. The van der Waals surface area contributed by atoms with Gasteiger partial charge in [-0.15, -0.1) is 0 Å². The SMILES string of the molecule is CC(=O)O[C@H](C)[C@@]12C=C(C)[C@@H]3[C@@H](C)[C@H](O[C@H]4CC[C@@H](O)[C@@H](C)O4)C4=CC(=O)C=C(N1C(=O)C(C)=C2O)[C@@]43O. The van der Waals surface area contributed by atoms with E-state index in [0.717, 1.165) is 0 Å². The lowest BCUT2D eigenvalue weighted by molar-refractivity contribution is -0.233. The number of carbonyl (C=O) groups is 3. The Labute approximate surface area is 221 Å². The maximum Gasteiger partial charge on any atom is 0.303 e. The van der Waals surface area contributed by atoms with Crippen molar-refractivity contribution >= 4 is 17.7 Å². The quantitative estimate of drug-likeness (QED) is 0.368. The van der Waals surface area contributed by atoms with Crippen LogP contribution in [0.1, 0.15) is 54.4 Å². The number of ketones is 1. The summed E-state index contributed by atoms with van der Waals surface area (Å²) >= 11 is 0. The first kappa shape index (κ1) is 26.8. The molecular formula is C28H35NO9. The van der Waals surface area contributed by atoms with Crippen molar-refractivity contribution in [1.29, 1.82) is 0 Å². The third kappa shape index (κ3) is 3.50. The molecule has 0 aromatic rings. The second kappa shape index (κ2) is 8.87. The van der Waals surface area contributed by atoms with Crippen molar-refractivity contribution in [2.24, 2.45) is 11.8 Å². The molecule has 0 radical (unpaired) electrons. The molecule has 3 N–H and O–H groups in total. The number of rotatable bonds is 4. The average Bonchev–Trinajstić information content (AvgIpc) is 3.11. The molecule has 0 aromatic carbocycles. The van der Waals surface area contributed by atoms with Crippen LogP contribution in [0.3, 0.4) is 0 Å². The lowest BCUT2D eigenvalue weighted by Crippen LogP contribution is -2.58. The van der Waals surface area contributed by atoms with E-state index in [9.17, 15) is 29.7 Å². The van der Waals surface area contributed by atoms with Gasteiger partial charge < -0.3 is 29.5 Å². The van der Waals surface area contributed by atoms with Gasteiger partial charge in [-0.05, 0) is 52.2 Å². The van der Waals surface area contributed by atoms with E-state index in [2.05, 4.69) is 0 Å². The third-order valence-corrected chi connectivity index (χ3v) is 8.84. The van der Waals surface area contributed by atoms with E-state index in [-0.39, 0.29) is 22.9 Å². The van der Waals surface area contributed by atoms with Gasteiger partial charge in [0, 0.05) is 30.9 Å². The molecule has 1 saturated carbocycles. The first-order valence-corrected chi connectivity index (χ1v) is 13.1. The summed E-state index contributed by atoms with van der Waals surface area (Å²) in [4.78, 5) is 39.9. The summed E-state index contributed by atoms with van der Waals surface area (Å²) in [6, 6.07) is 0. The van der Waals surface area contributed by atoms with Crippen molar-refractivity contribution in [3.8, 4) is 0 Å². The number of carbonyl (C=O) groups excluding carboxylic acids is 3. The van der Waals surface area contributed by atoms with Crippen molar-refractivity contribution in [1.82, 2.24) is 4.90 Å². The molecule has 206 valence electrons. The molecule has 5 aliphatic rings. The predicted octanol–water partition coefficient (Wildman–Crippen LogP) is 1.97. The number of nitrogens with zero attached hydrogens (tertiary/aromatic N) is 1. The van der Waals surface area contributed by atoms with Crippen molar-refractivity contribution in [3.05, 3.63) is 46.4 Å². The van der Waals surface area contributed by atoms with E-state index in [0.29, 0.717) is 24.0 Å². The smallest absolute Gasteiger partial charge is 0.303 e. The number of esters is 1. The van der Waals surface area contributed by atoms with E-state index in [1.807, 2.05) is 6.92 Å². The predicted molar refractivity (Wildman–Crippen MR) is 133 cm³/mol. The summed E-state index contributed by atoms with van der Waals surface area (Å²) in [6.07, 6.45) is 1.75. The largest absolute Gasteiger partial charge is 0.509 e. The lowest BCUT2D eigenvalue weighted by Gasteiger charge is -2.45. The molecule has 9 atom stereocenters. The number of fused-ring (bicyclic) bond motifs is 2. The minimum absolute atomic E-state index is 0.0109. The second-order valence-electron chi connectivity index (χ2n) is 11.2. The lowest BCUT2D eigenvalue weighted by atomic mass is 9.76. The van der Waals surface area contributed by atoms with Crippen molar-refractivity contribution in [2.75, 3.05) is 0 Å². The maximum atomic E-state index is 13.7. The van der Waals surface area contributed by atoms with E-state index < -0.39 is 65.4 Å². The molecule has 3 heterocycles. The first-order valence-electron chi connectivity index (χ1n) is 13.1. The van der Waals surface area contributed by atoms with Crippen LogP contribution in [0.5, 0.6) is 0 Å². The molecule has 2 aliphatic carbocycles. The van der Waals surface area contributed by atoms with Gasteiger partial charge in [0.05, 0.1) is 29.6 Å². The first-order chi connectivity index (χ1) is 17.7. The van der Waals surface area contributed by atoms with Gasteiger partial charge in [-0.2, -0.15) is 0 Å². The average molecular weight is 530 g/mol. The summed E-state index contributed by atoms with van der Waals surface area (Å²) < 4.78 is 17.7. The Bertz CT molecular complexity index is 1230. The molecule has 0 bridgehead atoms. The zero-order valence-corrected chi connectivity index (χ0v) is 22.4. The highest BCUT2D eigenvalue weighted by Gasteiger charge is 2.68. The minimum Gasteiger partial charge on any atom is -0.509 e. The molecule has 1 saturated heterocycles. The second-order valence-corrected chi connectivity index (χ2v) is 11.2. The van der Waals surface area contributed by atoms with Gasteiger partial charge in [0.25, 0.3) is 5.91 Å².